The molecule has 1 spiro atoms. The van der Waals surface area contributed by atoms with E-state index < -0.39 is 35.5 Å². The number of halogens is 2. The predicted molar refractivity (Wildman–Crippen MR) is 139 cm³/mol. The second-order valence-corrected chi connectivity index (χ2v) is 11.1. The number of carbonyl (C=O) groups is 3. The number of rotatable bonds is 7. The lowest BCUT2D eigenvalue weighted by molar-refractivity contribution is -0.139. The highest BCUT2D eigenvalue weighted by atomic mass is 79.9. The smallest absolute Gasteiger partial charge is 0.250 e. The summed E-state index contributed by atoms with van der Waals surface area (Å²) in [4.78, 5) is 42.4. The van der Waals surface area contributed by atoms with Crippen LogP contribution in [0.2, 0.25) is 5.02 Å². The highest BCUT2D eigenvalue weighted by Crippen LogP contribution is 2.60. The van der Waals surface area contributed by atoms with Crippen molar-refractivity contribution in [3.63, 3.8) is 0 Å². The Kier molecular flexibility index (Phi) is 6.84. The molecular formula is C26H27BrClN3O5. The van der Waals surface area contributed by atoms with Gasteiger partial charge in [-0.3, -0.25) is 14.4 Å². The van der Waals surface area contributed by atoms with Crippen LogP contribution in [0.25, 0.3) is 0 Å². The van der Waals surface area contributed by atoms with Crippen LogP contribution in [0.3, 0.4) is 0 Å². The monoisotopic (exact) mass is 575 g/mol. The second-order valence-electron chi connectivity index (χ2n) is 9.55. The first-order chi connectivity index (χ1) is 17.3. The van der Waals surface area contributed by atoms with Crippen LogP contribution in [0.5, 0.6) is 0 Å². The van der Waals surface area contributed by atoms with E-state index in [0.29, 0.717) is 29.2 Å². The van der Waals surface area contributed by atoms with Gasteiger partial charge in [0.15, 0.2) is 0 Å². The molecule has 2 aromatic carbocycles. The van der Waals surface area contributed by atoms with Crippen LogP contribution in [0.15, 0.2) is 48.5 Å². The fourth-order valence-electron chi connectivity index (χ4n) is 5.94. The molecule has 190 valence electrons. The van der Waals surface area contributed by atoms with Gasteiger partial charge < -0.3 is 25.4 Å². The fourth-order valence-corrected chi connectivity index (χ4v) is 7.15. The summed E-state index contributed by atoms with van der Waals surface area (Å²) in [5.41, 5.74) is 0.700. The van der Waals surface area contributed by atoms with Crippen molar-refractivity contribution in [3.8, 4) is 0 Å². The van der Waals surface area contributed by atoms with Crippen LogP contribution < -0.4 is 10.6 Å². The molecule has 3 aliphatic heterocycles. The minimum absolute atomic E-state index is 0.137. The average Bonchev–Trinajstić information content (AvgIpc) is 3.44. The Hall–Kier alpha value is -2.46. The number of amides is 3. The summed E-state index contributed by atoms with van der Waals surface area (Å²) in [6, 6.07) is 13.4. The van der Waals surface area contributed by atoms with Crippen molar-refractivity contribution < 1.29 is 24.2 Å². The van der Waals surface area contributed by atoms with Crippen molar-refractivity contribution in [1.29, 1.82) is 0 Å². The number of aliphatic hydroxyl groups is 1. The summed E-state index contributed by atoms with van der Waals surface area (Å²) >= 11 is 10.0. The third-order valence-electron chi connectivity index (χ3n) is 7.41. The summed E-state index contributed by atoms with van der Waals surface area (Å²) in [5, 5.41) is 15.7. The van der Waals surface area contributed by atoms with Crippen molar-refractivity contribution in [2.24, 2.45) is 11.8 Å². The van der Waals surface area contributed by atoms with Crippen LogP contribution in [0.4, 0.5) is 11.4 Å². The first kappa shape index (κ1) is 25.2. The van der Waals surface area contributed by atoms with E-state index in [2.05, 4.69) is 26.6 Å². The van der Waals surface area contributed by atoms with E-state index in [4.69, 9.17) is 16.3 Å². The van der Waals surface area contributed by atoms with Crippen molar-refractivity contribution in [2.75, 3.05) is 23.8 Å². The summed E-state index contributed by atoms with van der Waals surface area (Å²) in [7, 11) is 0. The van der Waals surface area contributed by atoms with E-state index in [1.54, 1.807) is 24.3 Å². The largest absolute Gasteiger partial charge is 0.396 e. The van der Waals surface area contributed by atoms with Crippen LogP contribution in [0.1, 0.15) is 18.4 Å². The van der Waals surface area contributed by atoms with Gasteiger partial charge in [-0.15, -0.1) is 0 Å². The Labute approximate surface area is 222 Å². The Balaban J connectivity index is 1.50. The molecule has 5 rings (SSSR count). The molecule has 10 heteroatoms. The van der Waals surface area contributed by atoms with E-state index in [1.807, 2.05) is 31.2 Å². The van der Waals surface area contributed by atoms with Crippen LogP contribution in [0, 0.1) is 18.8 Å². The van der Waals surface area contributed by atoms with Gasteiger partial charge in [0.05, 0.1) is 28.6 Å². The number of hydrogen-bond acceptors (Lipinski definition) is 5. The van der Waals surface area contributed by atoms with Crippen LogP contribution in [-0.4, -0.2) is 63.5 Å². The van der Waals surface area contributed by atoms with Gasteiger partial charge in [-0.25, -0.2) is 0 Å². The Morgan fingerprint density at radius 2 is 1.92 bits per heavy atom. The first-order valence-electron chi connectivity index (χ1n) is 11.9. The molecule has 0 saturated carbocycles. The molecular weight excluding hydrogens is 550 g/mol. The highest BCUT2D eigenvalue weighted by Gasteiger charge is 2.76. The van der Waals surface area contributed by atoms with E-state index in [-0.39, 0.29) is 29.8 Å². The lowest BCUT2D eigenvalue weighted by Gasteiger charge is -2.34. The quantitative estimate of drug-likeness (QED) is 0.438. The zero-order chi connectivity index (χ0) is 25.6. The van der Waals surface area contributed by atoms with Crippen molar-refractivity contribution in [2.45, 2.75) is 42.3 Å². The zero-order valence-electron chi connectivity index (χ0n) is 19.6. The molecule has 3 saturated heterocycles. The topological polar surface area (TPSA) is 108 Å². The van der Waals surface area contributed by atoms with Gasteiger partial charge in [-0.1, -0.05) is 57.9 Å². The van der Waals surface area contributed by atoms with Gasteiger partial charge in [0, 0.05) is 23.7 Å². The molecule has 3 unspecified atom stereocenters. The van der Waals surface area contributed by atoms with Gasteiger partial charge in [-0.2, -0.15) is 0 Å². The Morgan fingerprint density at radius 1 is 1.17 bits per heavy atom. The fraction of sp³-hybridized carbons (Fsp3) is 0.423. The van der Waals surface area contributed by atoms with E-state index in [1.165, 1.54) is 4.90 Å². The summed E-state index contributed by atoms with van der Waals surface area (Å²) in [6.45, 7) is 1.87. The minimum atomic E-state index is -1.18. The second kappa shape index (κ2) is 9.78. The summed E-state index contributed by atoms with van der Waals surface area (Å²) in [6.07, 6.45) is 0.143. The highest BCUT2D eigenvalue weighted by molar-refractivity contribution is 9.09. The number of hydrogen-bond donors (Lipinski definition) is 3. The number of nitrogens with zero attached hydrogens (tertiary/aromatic N) is 1. The SMILES string of the molecule is Cc1cccc(Cl)c1NC(=O)C1N(CCCO)C(=O)[C@@H]2[C@H](C(=O)Nc3ccccc3)[C@H]3OC12CC3Br. The predicted octanol–water partition coefficient (Wildman–Crippen LogP) is 3.36. The third kappa shape index (κ3) is 4.02. The van der Waals surface area contributed by atoms with Gasteiger partial charge in [0.25, 0.3) is 0 Å². The molecule has 3 amide bonds. The maximum atomic E-state index is 13.8. The molecule has 0 aromatic heterocycles. The molecule has 2 aromatic rings. The molecule has 3 aliphatic rings. The van der Waals surface area contributed by atoms with Crippen molar-refractivity contribution in [1.82, 2.24) is 4.90 Å². The molecule has 3 N–H and O–H groups in total. The lowest BCUT2D eigenvalue weighted by atomic mass is 9.70. The van der Waals surface area contributed by atoms with Crippen molar-refractivity contribution >= 4 is 56.6 Å². The Morgan fingerprint density at radius 3 is 2.61 bits per heavy atom. The van der Waals surface area contributed by atoms with E-state index in [9.17, 15) is 19.5 Å². The number of ether oxygens (including phenoxy) is 1. The van der Waals surface area contributed by atoms with Gasteiger partial charge >= 0.3 is 0 Å². The molecule has 3 heterocycles. The molecule has 8 nitrogen and oxygen atoms in total. The number of aryl methyl sites for hydroxylation is 1. The number of anilines is 2. The van der Waals surface area contributed by atoms with Gasteiger partial charge in [0.2, 0.25) is 17.7 Å². The Bertz CT molecular complexity index is 1180. The summed E-state index contributed by atoms with van der Waals surface area (Å²) < 4.78 is 6.45. The summed E-state index contributed by atoms with van der Waals surface area (Å²) in [5.74, 6) is -2.64. The van der Waals surface area contributed by atoms with Crippen LogP contribution >= 0.6 is 27.5 Å². The molecule has 0 radical (unpaired) electrons. The molecule has 36 heavy (non-hydrogen) atoms. The number of aliphatic hydroxyl groups excluding tert-OH is 1. The maximum absolute atomic E-state index is 13.8. The molecule has 3 fully saturated rings. The number of carbonyl (C=O) groups excluding carboxylic acids is 3. The van der Waals surface area contributed by atoms with E-state index in [0.717, 1.165) is 5.56 Å². The number of para-hydroxylation sites is 2. The lowest BCUT2D eigenvalue weighted by Crippen LogP contribution is -2.54. The first-order valence-corrected chi connectivity index (χ1v) is 13.2. The molecule has 2 bridgehead atoms. The average molecular weight is 577 g/mol. The number of alkyl halides is 1. The molecule has 0 aliphatic carbocycles. The van der Waals surface area contributed by atoms with Gasteiger partial charge in [-0.05, 0) is 43.5 Å². The minimum Gasteiger partial charge on any atom is -0.396 e. The third-order valence-corrected chi connectivity index (χ3v) is 8.57. The maximum Gasteiger partial charge on any atom is 0.250 e. The normalized spacial score (nSPS) is 30.4. The zero-order valence-corrected chi connectivity index (χ0v) is 22.0. The van der Waals surface area contributed by atoms with Crippen LogP contribution in [-0.2, 0) is 19.1 Å². The molecule has 6 atom stereocenters. The number of benzene rings is 2. The van der Waals surface area contributed by atoms with E-state index >= 15 is 0 Å². The van der Waals surface area contributed by atoms with Gasteiger partial charge in [0.1, 0.15) is 11.6 Å². The number of likely N-dealkylation sites (tertiary alicyclic amines) is 1. The number of nitrogens with one attached hydrogen (secondary N) is 2. The standard InChI is InChI=1S/C26H27BrClN3O5/c1-14-7-5-10-17(28)20(14)30-24(34)22-26-13-16(27)21(36-26)18(19(26)25(35)31(22)11-6-12-32)23(33)29-15-8-3-2-4-9-15/h2-5,7-10,16,18-19,21-22,32H,6,11-13H2,1H3,(H,29,33)(H,30,34)/t16?,18-,19-,21-,22?,26?/m0/s1. The van der Waals surface area contributed by atoms with Crippen molar-refractivity contribution in [3.05, 3.63) is 59.1 Å². The number of fused-ring (bicyclic) bond motifs is 1.